The van der Waals surface area contributed by atoms with Gasteiger partial charge in [-0.15, -0.1) is 11.3 Å². The van der Waals surface area contributed by atoms with E-state index in [2.05, 4.69) is 30.1 Å². The van der Waals surface area contributed by atoms with Crippen LogP contribution in [0.3, 0.4) is 0 Å². The molecule has 0 aliphatic heterocycles. The zero-order valence-electron chi connectivity index (χ0n) is 17.2. The van der Waals surface area contributed by atoms with Gasteiger partial charge < -0.3 is 15.0 Å². The Balaban J connectivity index is 1.73. The number of hydrogen-bond acceptors (Lipinski definition) is 10. The van der Waals surface area contributed by atoms with Crippen LogP contribution < -0.4 is 10.5 Å². The summed E-state index contributed by atoms with van der Waals surface area (Å²) in [7, 11) is 1.51. The molecule has 0 unspecified atom stereocenters. The topological polar surface area (TPSA) is 143 Å². The number of primary amides is 1. The van der Waals surface area contributed by atoms with E-state index >= 15 is 0 Å². The monoisotopic (exact) mass is 479 g/mol. The first-order valence-electron chi connectivity index (χ1n) is 9.49. The predicted octanol–water partition coefficient (Wildman–Crippen LogP) is 3.93. The van der Waals surface area contributed by atoms with Crippen molar-refractivity contribution in [2.45, 2.75) is 6.92 Å². The summed E-state index contributed by atoms with van der Waals surface area (Å²) in [5.41, 5.74) is 9.30. The number of hydrogen-bond donors (Lipinski definition) is 1. The largest absolute Gasteiger partial charge is 0.494 e. The zero-order chi connectivity index (χ0) is 23.1. The number of rotatable bonds is 5. The SMILES string of the molecule is COc1cnc(Cl)cc1-c1cc(C)nc(-c2nc3cnc(-c4ncon4)cc3s2)c1C(N)=O. The molecule has 5 aromatic heterocycles. The van der Waals surface area contributed by atoms with E-state index in [9.17, 15) is 4.79 Å². The van der Waals surface area contributed by atoms with Crippen molar-refractivity contribution in [3.8, 4) is 39.1 Å². The van der Waals surface area contributed by atoms with Crippen molar-refractivity contribution >= 4 is 39.1 Å². The van der Waals surface area contributed by atoms with E-state index in [-0.39, 0.29) is 10.7 Å². The molecule has 1 amide bonds. The van der Waals surface area contributed by atoms with E-state index in [1.807, 2.05) is 6.92 Å². The first-order chi connectivity index (χ1) is 15.9. The van der Waals surface area contributed by atoms with Crippen molar-refractivity contribution in [2.75, 3.05) is 7.11 Å². The van der Waals surface area contributed by atoms with Crippen molar-refractivity contribution in [1.29, 1.82) is 0 Å². The average molecular weight is 480 g/mol. The number of fused-ring (bicyclic) bond motifs is 1. The Morgan fingerprint density at radius 3 is 2.70 bits per heavy atom. The normalized spacial score (nSPS) is 11.1. The molecular formula is C21H14ClN7O3S. The number of carbonyl (C=O) groups is 1. The highest BCUT2D eigenvalue weighted by atomic mass is 35.5. The molecule has 0 aliphatic carbocycles. The quantitative estimate of drug-likeness (QED) is 0.370. The number of amides is 1. The number of halogens is 1. The lowest BCUT2D eigenvalue weighted by molar-refractivity contribution is 0.100. The third kappa shape index (κ3) is 3.77. The van der Waals surface area contributed by atoms with Crippen LogP contribution in [0.4, 0.5) is 0 Å². The Morgan fingerprint density at radius 2 is 1.97 bits per heavy atom. The molecule has 5 heterocycles. The van der Waals surface area contributed by atoms with Gasteiger partial charge in [0.1, 0.15) is 32.8 Å². The first kappa shape index (κ1) is 20.9. The minimum Gasteiger partial charge on any atom is -0.494 e. The van der Waals surface area contributed by atoms with Gasteiger partial charge in [-0.3, -0.25) is 9.78 Å². The van der Waals surface area contributed by atoms with Crippen LogP contribution in [-0.4, -0.2) is 43.1 Å². The zero-order valence-corrected chi connectivity index (χ0v) is 18.8. The van der Waals surface area contributed by atoms with Gasteiger partial charge in [-0.05, 0) is 25.1 Å². The molecule has 5 aromatic rings. The maximum atomic E-state index is 12.6. The number of pyridine rings is 3. The molecule has 0 atom stereocenters. The number of aromatic nitrogens is 6. The molecule has 0 saturated carbocycles. The summed E-state index contributed by atoms with van der Waals surface area (Å²) >= 11 is 7.47. The van der Waals surface area contributed by atoms with E-state index < -0.39 is 5.91 Å². The molecule has 0 aromatic carbocycles. The molecular weight excluding hydrogens is 466 g/mol. The molecule has 0 bridgehead atoms. The fourth-order valence-corrected chi connectivity index (χ4v) is 4.55. The summed E-state index contributed by atoms with van der Waals surface area (Å²) in [4.78, 5) is 34.3. The van der Waals surface area contributed by atoms with E-state index in [1.165, 1.54) is 31.0 Å². The predicted molar refractivity (Wildman–Crippen MR) is 122 cm³/mol. The Hall–Kier alpha value is -3.96. The number of carbonyl (C=O) groups excluding carboxylic acids is 1. The molecule has 0 radical (unpaired) electrons. The number of thiazole rings is 1. The molecule has 0 fully saturated rings. The number of nitrogens with zero attached hydrogens (tertiary/aromatic N) is 6. The number of ether oxygens (including phenoxy) is 1. The third-order valence-electron chi connectivity index (χ3n) is 4.81. The fourth-order valence-electron chi connectivity index (χ4n) is 3.42. The summed E-state index contributed by atoms with van der Waals surface area (Å²) in [6.45, 7) is 1.82. The van der Waals surface area contributed by atoms with Crippen LogP contribution in [0.2, 0.25) is 5.15 Å². The summed E-state index contributed by atoms with van der Waals surface area (Å²) in [5.74, 6) is 0.145. The van der Waals surface area contributed by atoms with Crippen LogP contribution in [0.5, 0.6) is 5.75 Å². The van der Waals surface area contributed by atoms with Gasteiger partial charge in [-0.1, -0.05) is 16.8 Å². The van der Waals surface area contributed by atoms with Gasteiger partial charge in [0.2, 0.25) is 12.2 Å². The molecule has 5 rings (SSSR count). The summed E-state index contributed by atoms with van der Waals surface area (Å²) in [6, 6.07) is 5.17. The highest BCUT2D eigenvalue weighted by molar-refractivity contribution is 7.21. The van der Waals surface area contributed by atoms with Gasteiger partial charge in [0, 0.05) is 16.8 Å². The average Bonchev–Trinajstić information content (AvgIpc) is 3.47. The van der Waals surface area contributed by atoms with E-state index in [1.54, 1.807) is 24.4 Å². The maximum absolute atomic E-state index is 12.6. The van der Waals surface area contributed by atoms with Gasteiger partial charge in [-0.2, -0.15) is 4.98 Å². The Morgan fingerprint density at radius 1 is 1.12 bits per heavy atom. The van der Waals surface area contributed by atoms with Gasteiger partial charge in [-0.25, -0.2) is 15.0 Å². The third-order valence-corrected chi connectivity index (χ3v) is 6.04. The highest BCUT2D eigenvalue weighted by Gasteiger charge is 2.24. The molecule has 12 heteroatoms. The van der Waals surface area contributed by atoms with Gasteiger partial charge in [0.05, 0.1) is 29.8 Å². The van der Waals surface area contributed by atoms with Gasteiger partial charge in [0.25, 0.3) is 5.91 Å². The molecule has 2 N–H and O–H groups in total. The second-order valence-electron chi connectivity index (χ2n) is 6.92. The lowest BCUT2D eigenvalue weighted by Crippen LogP contribution is -2.15. The Bertz CT molecular complexity index is 1520. The second kappa shape index (κ2) is 8.19. The first-order valence-corrected chi connectivity index (χ1v) is 10.7. The summed E-state index contributed by atoms with van der Waals surface area (Å²) < 4.78 is 11.0. The van der Waals surface area contributed by atoms with E-state index in [4.69, 9.17) is 26.6 Å². The summed E-state index contributed by atoms with van der Waals surface area (Å²) in [5, 5.41) is 4.57. The van der Waals surface area contributed by atoms with E-state index in [0.717, 1.165) is 4.70 Å². The number of nitrogens with two attached hydrogens (primary N) is 1. The molecule has 33 heavy (non-hydrogen) atoms. The van der Waals surface area contributed by atoms with Crippen LogP contribution in [-0.2, 0) is 0 Å². The minimum absolute atomic E-state index is 0.201. The van der Waals surface area contributed by atoms with E-state index in [0.29, 0.717) is 50.3 Å². The lowest BCUT2D eigenvalue weighted by atomic mass is 9.97. The summed E-state index contributed by atoms with van der Waals surface area (Å²) in [6.07, 6.45) is 4.32. The molecule has 0 spiro atoms. The van der Waals surface area contributed by atoms with Gasteiger partial charge >= 0.3 is 0 Å². The minimum atomic E-state index is -0.660. The molecule has 0 saturated heterocycles. The maximum Gasteiger partial charge on any atom is 0.251 e. The van der Waals surface area contributed by atoms with Crippen molar-refractivity contribution in [1.82, 2.24) is 30.1 Å². The lowest BCUT2D eigenvalue weighted by Gasteiger charge is -2.14. The van der Waals surface area contributed by atoms with Crippen LogP contribution >= 0.6 is 22.9 Å². The number of aryl methyl sites for hydroxylation is 1. The Kier molecular flexibility index (Phi) is 5.19. The standard InChI is InChI=1S/C21H14ClN7O3S/c1-9-3-11(10-4-16(22)25-7-14(10)31-2)17(19(23)30)18(27-9)21-28-13-6-24-12(5-15(13)33-21)20-26-8-32-29-20/h3-8H,1-2H3,(H2,23,30). The van der Waals surface area contributed by atoms with Crippen molar-refractivity contribution in [3.63, 3.8) is 0 Å². The Labute approximate surface area is 195 Å². The van der Waals surface area contributed by atoms with Crippen molar-refractivity contribution < 1.29 is 14.1 Å². The molecule has 10 nitrogen and oxygen atoms in total. The van der Waals surface area contributed by atoms with Crippen molar-refractivity contribution in [2.24, 2.45) is 5.73 Å². The number of methoxy groups -OCH3 is 1. The van der Waals surface area contributed by atoms with Crippen LogP contribution in [0.15, 0.2) is 41.5 Å². The second-order valence-corrected chi connectivity index (χ2v) is 8.34. The molecule has 164 valence electrons. The molecule has 0 aliphatic rings. The van der Waals surface area contributed by atoms with Crippen LogP contribution in [0.1, 0.15) is 16.1 Å². The highest BCUT2D eigenvalue weighted by Crippen LogP contribution is 2.39. The smallest absolute Gasteiger partial charge is 0.251 e. The van der Waals surface area contributed by atoms with Gasteiger partial charge in [0.15, 0.2) is 0 Å². The van der Waals surface area contributed by atoms with Crippen molar-refractivity contribution in [3.05, 3.63) is 53.4 Å². The fraction of sp³-hybridized carbons (Fsp3) is 0.0952. The van der Waals surface area contributed by atoms with Crippen LogP contribution in [0.25, 0.3) is 43.6 Å². The van der Waals surface area contributed by atoms with Crippen LogP contribution in [0, 0.1) is 6.92 Å².